The molecule has 0 aliphatic rings. The Morgan fingerprint density at radius 2 is 2.10 bits per heavy atom. The number of halogens is 3. The molecule has 2 aromatic carbocycles. The van der Waals surface area contributed by atoms with Crippen LogP contribution in [0.4, 0.5) is 10.1 Å². The van der Waals surface area contributed by atoms with Gasteiger partial charge in [0, 0.05) is 10.2 Å². The Labute approximate surface area is 135 Å². The molecule has 0 unspecified atom stereocenters. The predicted molar refractivity (Wildman–Crippen MR) is 83.8 cm³/mol. The van der Waals surface area contributed by atoms with Gasteiger partial charge in [-0.15, -0.1) is 0 Å². The molecule has 0 aliphatic heterocycles. The van der Waals surface area contributed by atoms with Crippen LogP contribution in [0.1, 0.15) is 21.5 Å². The van der Waals surface area contributed by atoms with Crippen LogP contribution in [-0.4, -0.2) is 5.97 Å². The molecule has 0 spiro atoms. The Balaban J connectivity index is 2.13. The van der Waals surface area contributed by atoms with Crippen molar-refractivity contribution in [1.82, 2.24) is 0 Å². The van der Waals surface area contributed by atoms with E-state index in [0.29, 0.717) is 26.9 Å². The number of nitrogens with two attached hydrogens (primary N) is 1. The van der Waals surface area contributed by atoms with E-state index in [1.54, 1.807) is 19.1 Å². The molecular formula is C15H12BrClFNO2. The molecule has 2 N–H and O–H groups in total. The van der Waals surface area contributed by atoms with Crippen molar-refractivity contribution in [3.05, 3.63) is 62.3 Å². The van der Waals surface area contributed by atoms with Crippen LogP contribution in [0.3, 0.4) is 0 Å². The molecule has 6 heteroatoms. The van der Waals surface area contributed by atoms with E-state index in [1.807, 2.05) is 0 Å². The summed E-state index contributed by atoms with van der Waals surface area (Å²) in [6.45, 7) is 1.75. The zero-order valence-electron chi connectivity index (χ0n) is 11.1. The number of nitrogen functional groups attached to an aromatic ring is 1. The largest absolute Gasteiger partial charge is 0.457 e. The van der Waals surface area contributed by atoms with Gasteiger partial charge in [-0.3, -0.25) is 0 Å². The molecule has 0 aromatic heterocycles. The molecule has 0 radical (unpaired) electrons. The zero-order valence-corrected chi connectivity index (χ0v) is 13.5. The highest BCUT2D eigenvalue weighted by molar-refractivity contribution is 9.10. The maximum atomic E-state index is 13.0. The summed E-state index contributed by atoms with van der Waals surface area (Å²) in [5, 5.41) is -0.00794. The zero-order chi connectivity index (χ0) is 15.6. The monoisotopic (exact) mass is 371 g/mol. The Morgan fingerprint density at radius 3 is 2.76 bits per heavy atom. The van der Waals surface area contributed by atoms with Crippen LogP contribution < -0.4 is 5.73 Å². The first-order chi connectivity index (χ1) is 9.88. The van der Waals surface area contributed by atoms with Crippen molar-refractivity contribution in [2.75, 3.05) is 5.73 Å². The van der Waals surface area contributed by atoms with Gasteiger partial charge in [-0.05, 0) is 42.3 Å². The summed E-state index contributed by atoms with van der Waals surface area (Å²) in [6, 6.07) is 7.52. The molecule has 0 saturated heterocycles. The minimum atomic E-state index is -0.512. The number of carbonyl (C=O) groups excluding carboxylic acids is 1. The number of anilines is 1. The lowest BCUT2D eigenvalue weighted by atomic mass is 10.1. The van der Waals surface area contributed by atoms with Gasteiger partial charge in [-0.2, -0.15) is 0 Å². The van der Waals surface area contributed by atoms with Crippen molar-refractivity contribution < 1.29 is 13.9 Å². The fraction of sp³-hybridized carbons (Fsp3) is 0.133. The van der Waals surface area contributed by atoms with Crippen LogP contribution in [0.15, 0.2) is 34.8 Å². The fourth-order valence-corrected chi connectivity index (χ4v) is 2.45. The second kappa shape index (κ2) is 6.45. The average molecular weight is 373 g/mol. The first-order valence-electron chi connectivity index (χ1n) is 6.05. The normalized spacial score (nSPS) is 10.5. The lowest BCUT2D eigenvalue weighted by Gasteiger charge is -2.10. The second-order valence-electron chi connectivity index (χ2n) is 4.49. The Morgan fingerprint density at radius 1 is 1.38 bits per heavy atom. The van der Waals surface area contributed by atoms with Gasteiger partial charge in [0.05, 0.1) is 10.6 Å². The van der Waals surface area contributed by atoms with Gasteiger partial charge in [-0.25, -0.2) is 9.18 Å². The Bertz CT molecular complexity index is 706. The lowest BCUT2D eigenvalue weighted by Crippen LogP contribution is -2.09. The number of hydrogen-bond donors (Lipinski definition) is 1. The number of carbonyl (C=O) groups is 1. The molecule has 3 nitrogen and oxygen atoms in total. The van der Waals surface area contributed by atoms with Gasteiger partial charge in [0.2, 0.25) is 0 Å². The summed E-state index contributed by atoms with van der Waals surface area (Å²) in [5.41, 5.74) is 7.95. The predicted octanol–water partition coefficient (Wildman–Crippen LogP) is 4.49. The summed E-state index contributed by atoms with van der Waals surface area (Å²) in [4.78, 5) is 12.1. The molecule has 2 rings (SSSR count). The van der Waals surface area contributed by atoms with Crippen LogP contribution in [0.25, 0.3) is 0 Å². The molecule has 0 heterocycles. The van der Waals surface area contributed by atoms with Crippen molar-refractivity contribution in [3.63, 3.8) is 0 Å². The van der Waals surface area contributed by atoms with Crippen molar-refractivity contribution in [2.24, 2.45) is 0 Å². The summed E-state index contributed by atoms with van der Waals surface area (Å²) >= 11 is 8.96. The van der Waals surface area contributed by atoms with Gasteiger partial charge in [-0.1, -0.05) is 33.6 Å². The number of ether oxygens (including phenoxy) is 1. The first-order valence-corrected chi connectivity index (χ1v) is 7.22. The summed E-state index contributed by atoms with van der Waals surface area (Å²) in [6.07, 6.45) is 0. The average Bonchev–Trinajstić information content (AvgIpc) is 2.43. The highest BCUT2D eigenvalue weighted by Gasteiger charge is 2.14. The van der Waals surface area contributed by atoms with E-state index in [9.17, 15) is 9.18 Å². The van der Waals surface area contributed by atoms with Gasteiger partial charge in [0.25, 0.3) is 0 Å². The van der Waals surface area contributed by atoms with Gasteiger partial charge >= 0.3 is 5.97 Å². The third-order valence-electron chi connectivity index (χ3n) is 2.99. The molecule has 110 valence electrons. The smallest absolute Gasteiger partial charge is 0.338 e. The van der Waals surface area contributed by atoms with E-state index < -0.39 is 11.8 Å². The van der Waals surface area contributed by atoms with Crippen molar-refractivity contribution in [3.8, 4) is 0 Å². The molecular weight excluding hydrogens is 361 g/mol. The standard InChI is InChI=1S/C15H12BrClFNO2/c1-8-11(5-10(16)6-14(8)19)15(20)21-7-9-2-3-13(18)12(17)4-9/h2-6H,7,19H2,1H3. The van der Waals surface area contributed by atoms with Gasteiger partial charge in [0.1, 0.15) is 12.4 Å². The maximum absolute atomic E-state index is 13.0. The third kappa shape index (κ3) is 3.74. The topological polar surface area (TPSA) is 52.3 Å². The van der Waals surface area contributed by atoms with Crippen LogP contribution in [0, 0.1) is 12.7 Å². The number of benzene rings is 2. The Kier molecular flexibility index (Phi) is 4.85. The molecule has 2 aromatic rings. The highest BCUT2D eigenvalue weighted by atomic mass is 79.9. The van der Waals surface area contributed by atoms with E-state index in [4.69, 9.17) is 22.1 Å². The molecule has 0 aliphatic carbocycles. The summed E-state index contributed by atoms with van der Waals surface area (Å²) < 4.78 is 18.9. The molecule has 0 atom stereocenters. The van der Waals surface area contributed by atoms with Crippen molar-refractivity contribution >= 4 is 39.2 Å². The lowest BCUT2D eigenvalue weighted by molar-refractivity contribution is 0.0472. The van der Waals surface area contributed by atoms with E-state index in [0.717, 1.165) is 0 Å². The van der Waals surface area contributed by atoms with Gasteiger partial charge in [0.15, 0.2) is 0 Å². The quantitative estimate of drug-likeness (QED) is 0.638. The fourth-order valence-electron chi connectivity index (χ4n) is 1.77. The van der Waals surface area contributed by atoms with Crippen LogP contribution in [0.2, 0.25) is 5.02 Å². The number of hydrogen-bond acceptors (Lipinski definition) is 3. The molecule has 0 saturated carbocycles. The molecule has 0 amide bonds. The summed E-state index contributed by atoms with van der Waals surface area (Å²) in [7, 11) is 0. The maximum Gasteiger partial charge on any atom is 0.338 e. The SMILES string of the molecule is Cc1c(N)cc(Br)cc1C(=O)OCc1ccc(F)c(Cl)c1. The molecule has 0 fully saturated rings. The van der Waals surface area contributed by atoms with Crippen molar-refractivity contribution in [2.45, 2.75) is 13.5 Å². The van der Waals surface area contributed by atoms with Gasteiger partial charge < -0.3 is 10.5 Å². The van der Waals surface area contributed by atoms with Crippen LogP contribution in [-0.2, 0) is 11.3 Å². The third-order valence-corrected chi connectivity index (χ3v) is 3.73. The highest BCUT2D eigenvalue weighted by Crippen LogP contribution is 2.24. The van der Waals surface area contributed by atoms with E-state index in [2.05, 4.69) is 15.9 Å². The first kappa shape index (κ1) is 15.8. The Hall–Kier alpha value is -1.59. The van der Waals surface area contributed by atoms with E-state index in [1.165, 1.54) is 18.2 Å². The van der Waals surface area contributed by atoms with Crippen LogP contribution in [0.5, 0.6) is 0 Å². The minimum Gasteiger partial charge on any atom is -0.457 e. The van der Waals surface area contributed by atoms with E-state index >= 15 is 0 Å². The number of rotatable bonds is 3. The summed E-state index contributed by atoms with van der Waals surface area (Å²) in [5.74, 6) is -1.01. The number of esters is 1. The molecule has 0 bridgehead atoms. The minimum absolute atomic E-state index is 0.00465. The van der Waals surface area contributed by atoms with E-state index in [-0.39, 0.29) is 11.6 Å². The molecule has 21 heavy (non-hydrogen) atoms. The second-order valence-corrected chi connectivity index (χ2v) is 5.82. The van der Waals surface area contributed by atoms with Crippen LogP contribution >= 0.6 is 27.5 Å². The van der Waals surface area contributed by atoms with Crippen molar-refractivity contribution in [1.29, 1.82) is 0 Å².